The smallest absolute Gasteiger partial charge is 0.116 e. The second kappa shape index (κ2) is 5.30. The fourth-order valence-electron chi connectivity index (χ4n) is 1.57. The van der Waals surface area contributed by atoms with E-state index in [2.05, 4.69) is 16.3 Å². The van der Waals surface area contributed by atoms with Crippen LogP contribution < -0.4 is 5.32 Å². The Balaban J connectivity index is 2.45. The lowest BCUT2D eigenvalue weighted by atomic mass is 10.0. The third kappa shape index (κ3) is 3.26. The maximum absolute atomic E-state index is 9.02. The van der Waals surface area contributed by atoms with Crippen LogP contribution >= 0.6 is 0 Å². The van der Waals surface area contributed by atoms with Crippen LogP contribution in [0, 0.1) is 11.3 Å². The van der Waals surface area contributed by atoms with Gasteiger partial charge >= 0.3 is 0 Å². The fourth-order valence-corrected chi connectivity index (χ4v) is 1.57. The fraction of sp³-hybridized carbons (Fsp3) is 0.900. The van der Waals surface area contributed by atoms with Crippen LogP contribution in [0.3, 0.4) is 0 Å². The van der Waals surface area contributed by atoms with E-state index < -0.39 is 5.54 Å². The third-order valence-corrected chi connectivity index (χ3v) is 2.65. The summed E-state index contributed by atoms with van der Waals surface area (Å²) in [5.74, 6) is 0. The zero-order chi connectivity index (χ0) is 10.4. The van der Waals surface area contributed by atoms with Gasteiger partial charge in [0.2, 0.25) is 0 Å². The van der Waals surface area contributed by atoms with Crippen molar-refractivity contribution >= 4 is 0 Å². The number of nitrogens with zero attached hydrogens (tertiary/aromatic N) is 2. The number of hydrogen-bond donors (Lipinski definition) is 1. The number of hydrogen-bond acceptors (Lipinski definition) is 4. The molecule has 0 aromatic carbocycles. The maximum Gasteiger partial charge on any atom is 0.116 e. The van der Waals surface area contributed by atoms with Crippen LogP contribution in [0.15, 0.2) is 0 Å². The van der Waals surface area contributed by atoms with E-state index in [9.17, 15) is 0 Å². The molecule has 14 heavy (non-hydrogen) atoms. The summed E-state index contributed by atoms with van der Waals surface area (Å²) >= 11 is 0. The molecular weight excluding hydrogens is 178 g/mol. The molecule has 0 amide bonds. The van der Waals surface area contributed by atoms with Gasteiger partial charge in [0.15, 0.2) is 0 Å². The van der Waals surface area contributed by atoms with Crippen molar-refractivity contribution in [1.29, 1.82) is 5.26 Å². The second-order valence-electron chi connectivity index (χ2n) is 3.94. The van der Waals surface area contributed by atoms with Gasteiger partial charge in [0.05, 0.1) is 12.7 Å². The average molecular weight is 197 g/mol. The Morgan fingerprint density at radius 1 is 1.50 bits per heavy atom. The Morgan fingerprint density at radius 2 is 2.29 bits per heavy atom. The Kier molecular flexibility index (Phi) is 4.33. The second-order valence-corrected chi connectivity index (χ2v) is 3.94. The van der Waals surface area contributed by atoms with Gasteiger partial charge in [0.25, 0.3) is 0 Å². The summed E-state index contributed by atoms with van der Waals surface area (Å²) in [4.78, 5) is 2.28. The number of rotatable bonds is 3. The molecule has 4 heteroatoms. The number of ether oxygens (including phenoxy) is 1. The van der Waals surface area contributed by atoms with E-state index in [1.165, 1.54) is 0 Å². The van der Waals surface area contributed by atoms with Gasteiger partial charge in [-0.3, -0.25) is 4.90 Å². The molecule has 0 bridgehead atoms. The molecule has 1 fully saturated rings. The monoisotopic (exact) mass is 197 g/mol. The van der Waals surface area contributed by atoms with E-state index in [-0.39, 0.29) is 0 Å². The summed E-state index contributed by atoms with van der Waals surface area (Å²) in [5, 5.41) is 12.1. The summed E-state index contributed by atoms with van der Waals surface area (Å²) in [6, 6.07) is 2.30. The quantitative estimate of drug-likeness (QED) is 0.702. The molecule has 1 heterocycles. The molecule has 0 radical (unpaired) electrons. The van der Waals surface area contributed by atoms with Crippen LogP contribution in [0.1, 0.15) is 13.3 Å². The van der Waals surface area contributed by atoms with Crippen LogP contribution in [-0.4, -0.2) is 50.3 Å². The van der Waals surface area contributed by atoms with Crippen LogP contribution in [0.2, 0.25) is 0 Å². The maximum atomic E-state index is 9.02. The van der Waals surface area contributed by atoms with Gasteiger partial charge < -0.3 is 10.1 Å². The third-order valence-electron chi connectivity index (χ3n) is 2.65. The summed E-state index contributed by atoms with van der Waals surface area (Å²) < 4.78 is 5.36. The highest BCUT2D eigenvalue weighted by atomic mass is 16.5. The van der Waals surface area contributed by atoms with Crippen molar-refractivity contribution in [3.05, 3.63) is 0 Å². The van der Waals surface area contributed by atoms with E-state index in [1.807, 2.05) is 14.0 Å². The van der Waals surface area contributed by atoms with Crippen molar-refractivity contribution in [2.75, 3.05) is 39.9 Å². The van der Waals surface area contributed by atoms with Crippen molar-refractivity contribution in [2.24, 2.45) is 0 Å². The van der Waals surface area contributed by atoms with Gasteiger partial charge in [0, 0.05) is 26.2 Å². The van der Waals surface area contributed by atoms with Crippen LogP contribution in [0.25, 0.3) is 0 Å². The van der Waals surface area contributed by atoms with Crippen LogP contribution in [0.5, 0.6) is 0 Å². The highest BCUT2D eigenvalue weighted by molar-refractivity contribution is 5.05. The van der Waals surface area contributed by atoms with Gasteiger partial charge in [0.1, 0.15) is 5.54 Å². The lowest BCUT2D eigenvalue weighted by Crippen LogP contribution is -2.49. The normalized spacial score (nSPS) is 23.5. The summed E-state index contributed by atoms with van der Waals surface area (Å²) in [6.45, 7) is 6.28. The Morgan fingerprint density at radius 3 is 2.93 bits per heavy atom. The first-order chi connectivity index (χ1) is 6.70. The molecular formula is C10H19N3O. The Hall–Kier alpha value is -0.630. The average Bonchev–Trinajstić information content (AvgIpc) is 2.46. The first kappa shape index (κ1) is 11.4. The minimum atomic E-state index is -0.440. The predicted molar refractivity (Wildman–Crippen MR) is 55.0 cm³/mol. The highest BCUT2D eigenvalue weighted by Crippen LogP contribution is 2.07. The summed E-state index contributed by atoms with van der Waals surface area (Å²) in [5.41, 5.74) is -0.440. The van der Waals surface area contributed by atoms with Gasteiger partial charge in [-0.2, -0.15) is 5.26 Å². The Bertz CT molecular complexity index is 206. The van der Waals surface area contributed by atoms with Crippen molar-refractivity contribution in [1.82, 2.24) is 10.2 Å². The molecule has 1 saturated heterocycles. The molecule has 0 aromatic rings. The molecule has 0 aromatic heterocycles. The van der Waals surface area contributed by atoms with Gasteiger partial charge in [-0.25, -0.2) is 0 Å². The predicted octanol–water partition coefficient (Wildman–Crippen LogP) is 0.210. The van der Waals surface area contributed by atoms with Crippen LogP contribution in [-0.2, 0) is 4.74 Å². The first-order valence-corrected chi connectivity index (χ1v) is 5.10. The minimum Gasteiger partial charge on any atom is -0.380 e. The summed E-state index contributed by atoms with van der Waals surface area (Å²) in [6.07, 6.45) is 1.06. The number of nitrogens with one attached hydrogen (secondary N) is 1. The molecule has 4 nitrogen and oxygen atoms in total. The first-order valence-electron chi connectivity index (χ1n) is 5.10. The van der Waals surface area contributed by atoms with Crippen molar-refractivity contribution in [2.45, 2.75) is 18.9 Å². The van der Waals surface area contributed by atoms with Gasteiger partial charge in [-0.05, 0) is 20.4 Å². The van der Waals surface area contributed by atoms with E-state index >= 15 is 0 Å². The molecule has 1 rings (SSSR count). The number of nitriles is 1. The zero-order valence-electron chi connectivity index (χ0n) is 9.05. The largest absolute Gasteiger partial charge is 0.380 e. The van der Waals surface area contributed by atoms with E-state index in [4.69, 9.17) is 10.00 Å². The lowest BCUT2D eigenvalue weighted by Gasteiger charge is -2.28. The summed E-state index contributed by atoms with van der Waals surface area (Å²) in [7, 11) is 1.83. The highest BCUT2D eigenvalue weighted by Gasteiger charge is 2.25. The van der Waals surface area contributed by atoms with Crippen molar-refractivity contribution < 1.29 is 4.74 Å². The molecule has 80 valence electrons. The number of likely N-dealkylation sites (N-methyl/N-ethyl adjacent to an activating group) is 1. The molecule has 1 aliphatic heterocycles. The zero-order valence-corrected chi connectivity index (χ0v) is 9.05. The van der Waals surface area contributed by atoms with Gasteiger partial charge in [-0.15, -0.1) is 0 Å². The van der Waals surface area contributed by atoms with E-state index in [0.29, 0.717) is 0 Å². The topological polar surface area (TPSA) is 48.3 Å². The standard InChI is InChI=1S/C10H19N3O/c1-10(8-11,12-2)9-13-4-3-6-14-7-5-13/h12H,3-7,9H2,1-2H3. The van der Waals surface area contributed by atoms with Crippen molar-refractivity contribution in [3.8, 4) is 6.07 Å². The minimum absolute atomic E-state index is 0.440. The molecule has 1 N–H and O–H groups in total. The molecule has 1 atom stereocenters. The van der Waals surface area contributed by atoms with Crippen molar-refractivity contribution in [3.63, 3.8) is 0 Å². The Labute approximate surface area is 85.8 Å². The lowest BCUT2D eigenvalue weighted by molar-refractivity contribution is 0.138. The van der Waals surface area contributed by atoms with E-state index in [0.717, 1.165) is 39.3 Å². The van der Waals surface area contributed by atoms with Crippen LogP contribution in [0.4, 0.5) is 0 Å². The van der Waals surface area contributed by atoms with Gasteiger partial charge in [-0.1, -0.05) is 0 Å². The SMILES string of the molecule is CNC(C)(C#N)CN1CCCOCC1. The molecule has 0 saturated carbocycles. The molecule has 1 aliphatic rings. The molecule has 1 unspecified atom stereocenters. The van der Waals surface area contributed by atoms with E-state index in [1.54, 1.807) is 0 Å². The molecule has 0 spiro atoms. The molecule has 0 aliphatic carbocycles.